The van der Waals surface area contributed by atoms with Crippen molar-refractivity contribution in [2.45, 2.75) is 26.8 Å². The average Bonchev–Trinajstić information content (AvgIpc) is 2.56. The van der Waals surface area contributed by atoms with E-state index >= 15 is 0 Å². The summed E-state index contributed by atoms with van der Waals surface area (Å²) >= 11 is 0. The molecule has 0 spiro atoms. The van der Waals surface area contributed by atoms with Gasteiger partial charge < -0.3 is 10.2 Å². The Morgan fingerprint density at radius 3 is 2.44 bits per heavy atom. The van der Waals surface area contributed by atoms with Crippen LogP contribution in [0.4, 0.5) is 4.39 Å². The van der Waals surface area contributed by atoms with E-state index in [-0.39, 0.29) is 24.2 Å². The summed E-state index contributed by atoms with van der Waals surface area (Å²) in [6.45, 7) is 4.32. The van der Waals surface area contributed by atoms with Gasteiger partial charge in [-0.1, -0.05) is 42.0 Å². The van der Waals surface area contributed by atoms with Gasteiger partial charge in [-0.3, -0.25) is 9.59 Å². The molecule has 0 aromatic heterocycles. The third-order valence-corrected chi connectivity index (χ3v) is 3.88. The first-order valence-electron chi connectivity index (χ1n) is 8.26. The number of benzene rings is 2. The molecule has 0 aliphatic rings. The number of carbonyl (C=O) groups excluding carboxylic acids is 2. The Kier molecular flexibility index (Phi) is 6.69. The first-order valence-corrected chi connectivity index (χ1v) is 8.26. The molecule has 4 nitrogen and oxygen atoms in total. The van der Waals surface area contributed by atoms with Crippen LogP contribution in [0.25, 0.3) is 0 Å². The summed E-state index contributed by atoms with van der Waals surface area (Å²) in [5.41, 5.74) is 3.06. The molecule has 0 heterocycles. The van der Waals surface area contributed by atoms with Crippen LogP contribution in [0.15, 0.2) is 48.5 Å². The second-order valence-corrected chi connectivity index (χ2v) is 6.09. The number of carbonyl (C=O) groups is 2. The van der Waals surface area contributed by atoms with Crippen molar-refractivity contribution in [1.82, 2.24) is 10.2 Å². The largest absolute Gasteiger partial charge is 0.354 e. The topological polar surface area (TPSA) is 49.4 Å². The van der Waals surface area contributed by atoms with Gasteiger partial charge in [-0.15, -0.1) is 0 Å². The summed E-state index contributed by atoms with van der Waals surface area (Å²) in [4.78, 5) is 25.4. The molecule has 2 amide bonds. The van der Waals surface area contributed by atoms with Crippen LogP contribution >= 0.6 is 0 Å². The van der Waals surface area contributed by atoms with Crippen molar-refractivity contribution in [3.05, 3.63) is 71.0 Å². The second kappa shape index (κ2) is 8.97. The van der Waals surface area contributed by atoms with Crippen molar-refractivity contribution in [2.24, 2.45) is 0 Å². The van der Waals surface area contributed by atoms with E-state index in [1.54, 1.807) is 12.1 Å². The molecule has 0 bridgehead atoms. The zero-order valence-corrected chi connectivity index (χ0v) is 14.6. The van der Waals surface area contributed by atoms with Crippen molar-refractivity contribution in [2.75, 3.05) is 13.1 Å². The summed E-state index contributed by atoms with van der Waals surface area (Å²) in [6, 6.07) is 14.1. The monoisotopic (exact) mass is 342 g/mol. The fourth-order valence-corrected chi connectivity index (χ4v) is 2.54. The summed E-state index contributed by atoms with van der Waals surface area (Å²) < 4.78 is 12.9. The van der Waals surface area contributed by atoms with E-state index in [4.69, 9.17) is 0 Å². The Hall–Kier alpha value is -2.69. The van der Waals surface area contributed by atoms with Crippen LogP contribution in [0.5, 0.6) is 0 Å². The Morgan fingerprint density at radius 2 is 1.80 bits per heavy atom. The minimum Gasteiger partial charge on any atom is -0.354 e. The maximum absolute atomic E-state index is 12.9. The quantitative estimate of drug-likeness (QED) is 0.841. The highest BCUT2D eigenvalue weighted by Crippen LogP contribution is 2.08. The van der Waals surface area contributed by atoms with Gasteiger partial charge in [0, 0.05) is 20.0 Å². The summed E-state index contributed by atoms with van der Waals surface area (Å²) in [7, 11) is 0. The molecule has 0 unspecified atom stereocenters. The van der Waals surface area contributed by atoms with E-state index in [9.17, 15) is 14.0 Å². The summed E-state index contributed by atoms with van der Waals surface area (Å²) in [6.07, 6.45) is 0.615. The van der Waals surface area contributed by atoms with Crippen LogP contribution in [0.1, 0.15) is 23.6 Å². The second-order valence-electron chi connectivity index (χ2n) is 6.09. The number of hydrogen-bond acceptors (Lipinski definition) is 2. The van der Waals surface area contributed by atoms with Crippen molar-refractivity contribution >= 4 is 11.8 Å². The number of aryl methyl sites for hydroxylation is 1. The first-order chi connectivity index (χ1) is 11.9. The lowest BCUT2D eigenvalue weighted by molar-refractivity contribution is -0.134. The van der Waals surface area contributed by atoms with E-state index in [0.717, 1.165) is 16.7 Å². The molecule has 2 aromatic rings. The van der Waals surface area contributed by atoms with Crippen LogP contribution in [0.3, 0.4) is 0 Å². The zero-order chi connectivity index (χ0) is 18.2. The van der Waals surface area contributed by atoms with Gasteiger partial charge in [-0.2, -0.15) is 0 Å². The van der Waals surface area contributed by atoms with Gasteiger partial charge in [0.1, 0.15) is 5.82 Å². The predicted molar refractivity (Wildman–Crippen MR) is 95.4 cm³/mol. The van der Waals surface area contributed by atoms with Crippen molar-refractivity contribution in [3.8, 4) is 0 Å². The van der Waals surface area contributed by atoms with Crippen LogP contribution < -0.4 is 5.32 Å². The predicted octanol–water partition coefficient (Wildman–Crippen LogP) is 2.84. The van der Waals surface area contributed by atoms with E-state index in [1.807, 2.05) is 31.2 Å². The summed E-state index contributed by atoms with van der Waals surface area (Å²) in [5, 5.41) is 2.80. The van der Waals surface area contributed by atoms with Crippen LogP contribution in [0.2, 0.25) is 0 Å². The van der Waals surface area contributed by atoms with E-state index < -0.39 is 0 Å². The van der Waals surface area contributed by atoms with Crippen molar-refractivity contribution in [3.63, 3.8) is 0 Å². The molecule has 0 saturated carbocycles. The third-order valence-electron chi connectivity index (χ3n) is 3.88. The number of nitrogens with zero attached hydrogens (tertiary/aromatic N) is 1. The maximum Gasteiger partial charge on any atom is 0.239 e. The standard InChI is InChI=1S/C20H23FN2O2/c1-15-4-3-5-18(12-15)13-23(16(2)24)14-20(25)22-11-10-17-6-8-19(21)9-7-17/h3-9,12H,10-11,13-14H2,1-2H3,(H,22,25). The van der Waals surface area contributed by atoms with Crippen molar-refractivity contribution in [1.29, 1.82) is 0 Å². The van der Waals surface area contributed by atoms with E-state index in [1.165, 1.54) is 24.0 Å². The first kappa shape index (κ1) is 18.6. The molecular weight excluding hydrogens is 319 g/mol. The molecule has 25 heavy (non-hydrogen) atoms. The smallest absolute Gasteiger partial charge is 0.239 e. The lowest BCUT2D eigenvalue weighted by atomic mass is 10.1. The fraction of sp³-hybridized carbons (Fsp3) is 0.300. The highest BCUT2D eigenvalue weighted by Gasteiger charge is 2.14. The molecule has 132 valence electrons. The molecule has 0 fully saturated rings. The van der Waals surface area contributed by atoms with Gasteiger partial charge in [-0.05, 0) is 36.6 Å². The van der Waals surface area contributed by atoms with Crippen LogP contribution in [0, 0.1) is 12.7 Å². The highest BCUT2D eigenvalue weighted by molar-refractivity contribution is 5.83. The molecule has 0 radical (unpaired) electrons. The van der Waals surface area contributed by atoms with Crippen LogP contribution in [-0.2, 0) is 22.6 Å². The fourth-order valence-electron chi connectivity index (χ4n) is 2.54. The van der Waals surface area contributed by atoms with Gasteiger partial charge in [0.2, 0.25) is 11.8 Å². The van der Waals surface area contributed by atoms with Gasteiger partial charge in [0.05, 0.1) is 6.54 Å². The Morgan fingerprint density at radius 1 is 1.08 bits per heavy atom. The van der Waals surface area contributed by atoms with Gasteiger partial charge in [0.25, 0.3) is 0 Å². The number of amides is 2. The molecule has 0 atom stereocenters. The molecule has 0 aliphatic carbocycles. The number of hydrogen-bond donors (Lipinski definition) is 1. The SMILES string of the molecule is CC(=O)N(CC(=O)NCCc1ccc(F)cc1)Cc1cccc(C)c1. The van der Waals surface area contributed by atoms with Crippen LogP contribution in [-0.4, -0.2) is 29.8 Å². The Bertz CT molecular complexity index is 729. The number of halogens is 1. The molecule has 1 N–H and O–H groups in total. The average molecular weight is 342 g/mol. The number of rotatable bonds is 7. The molecule has 5 heteroatoms. The molecule has 0 saturated heterocycles. The minimum absolute atomic E-state index is 0.0205. The molecule has 2 rings (SSSR count). The number of nitrogens with one attached hydrogen (secondary N) is 1. The van der Waals surface area contributed by atoms with Crippen molar-refractivity contribution < 1.29 is 14.0 Å². The lowest BCUT2D eigenvalue weighted by Crippen LogP contribution is -2.39. The van der Waals surface area contributed by atoms with Gasteiger partial charge in [-0.25, -0.2) is 4.39 Å². The zero-order valence-electron chi connectivity index (χ0n) is 14.6. The Balaban J connectivity index is 1.83. The molecular formula is C20H23FN2O2. The lowest BCUT2D eigenvalue weighted by Gasteiger charge is -2.21. The highest BCUT2D eigenvalue weighted by atomic mass is 19.1. The van der Waals surface area contributed by atoms with E-state index in [0.29, 0.717) is 19.5 Å². The van der Waals surface area contributed by atoms with Gasteiger partial charge in [0.15, 0.2) is 0 Å². The normalized spacial score (nSPS) is 10.4. The van der Waals surface area contributed by atoms with E-state index in [2.05, 4.69) is 5.32 Å². The molecule has 2 aromatic carbocycles. The minimum atomic E-state index is -0.277. The third kappa shape index (κ3) is 6.37. The van der Waals surface area contributed by atoms with Gasteiger partial charge >= 0.3 is 0 Å². The maximum atomic E-state index is 12.9. The molecule has 0 aliphatic heterocycles. The summed E-state index contributed by atoms with van der Waals surface area (Å²) in [5.74, 6) is -0.624. The Labute approximate surface area is 147 Å².